The zero-order valence-corrected chi connectivity index (χ0v) is 18.9. The molecule has 2 aromatic rings. The lowest BCUT2D eigenvalue weighted by molar-refractivity contribution is -0.154. The van der Waals surface area contributed by atoms with Crippen molar-refractivity contribution in [3.8, 4) is 5.75 Å². The minimum Gasteiger partial charge on any atom is -0.497 e. The van der Waals surface area contributed by atoms with E-state index in [-0.39, 0.29) is 12.5 Å². The van der Waals surface area contributed by atoms with E-state index in [0.29, 0.717) is 13.1 Å². The Kier molecular flexibility index (Phi) is 8.46. The van der Waals surface area contributed by atoms with Gasteiger partial charge in [0.25, 0.3) is 5.91 Å². The highest BCUT2D eigenvalue weighted by Gasteiger charge is 2.23. The first-order chi connectivity index (χ1) is 16.0. The number of ether oxygens (including phenoxy) is 2. The number of methoxy groups -OCH3 is 1. The minimum atomic E-state index is -0.874. The molecule has 2 amide bonds. The lowest BCUT2D eigenvalue weighted by Gasteiger charge is -2.36. The number of nitrogens with zero attached hydrogens (tertiary/aromatic N) is 2. The second kappa shape index (κ2) is 11.7. The van der Waals surface area contributed by atoms with Crippen LogP contribution in [0.25, 0.3) is 6.08 Å². The summed E-state index contributed by atoms with van der Waals surface area (Å²) in [5.74, 6) is -0.606. The van der Waals surface area contributed by atoms with Gasteiger partial charge in [-0.25, -0.2) is 4.79 Å². The molecule has 1 saturated heterocycles. The second-order valence-corrected chi connectivity index (χ2v) is 7.65. The van der Waals surface area contributed by atoms with E-state index >= 15 is 0 Å². The van der Waals surface area contributed by atoms with Gasteiger partial charge in [0, 0.05) is 37.9 Å². The molecule has 1 aliphatic rings. The highest BCUT2D eigenvalue weighted by atomic mass is 16.5. The van der Waals surface area contributed by atoms with Gasteiger partial charge in [0.05, 0.1) is 7.11 Å². The van der Waals surface area contributed by atoms with Crippen molar-refractivity contribution in [1.29, 1.82) is 0 Å². The molecule has 0 saturated carbocycles. The molecule has 1 heterocycles. The van der Waals surface area contributed by atoms with Crippen molar-refractivity contribution >= 4 is 29.5 Å². The standard InChI is InChI=1S/C25H29N3O5/c1-19(26-23(29)13-10-20-8-11-22(32-2)12-9-20)25(31)33-18-24(30)28-16-14-27(15-17-28)21-6-4-3-5-7-21/h3-13,19H,14-18H2,1-2H3,(H,26,29)/b13-10+/t19-/m0/s1. The fourth-order valence-corrected chi connectivity index (χ4v) is 3.41. The third-order valence-electron chi connectivity index (χ3n) is 5.35. The number of piperazine rings is 1. The van der Waals surface area contributed by atoms with E-state index in [9.17, 15) is 14.4 Å². The van der Waals surface area contributed by atoms with Crippen LogP contribution in [0.5, 0.6) is 5.75 Å². The summed E-state index contributed by atoms with van der Waals surface area (Å²) in [5.41, 5.74) is 1.95. The Morgan fingerprint density at radius 2 is 1.67 bits per heavy atom. The molecule has 0 unspecified atom stereocenters. The van der Waals surface area contributed by atoms with Gasteiger partial charge in [0.2, 0.25) is 5.91 Å². The molecule has 0 aliphatic carbocycles. The summed E-state index contributed by atoms with van der Waals surface area (Å²) in [4.78, 5) is 40.6. The summed E-state index contributed by atoms with van der Waals surface area (Å²) < 4.78 is 10.2. The molecule has 0 radical (unpaired) electrons. The summed E-state index contributed by atoms with van der Waals surface area (Å²) >= 11 is 0. The van der Waals surface area contributed by atoms with Gasteiger partial charge in [0.1, 0.15) is 11.8 Å². The Labute approximate surface area is 193 Å². The third kappa shape index (κ3) is 7.10. The van der Waals surface area contributed by atoms with Gasteiger partial charge in [-0.1, -0.05) is 30.3 Å². The van der Waals surface area contributed by atoms with Gasteiger partial charge in [0.15, 0.2) is 6.61 Å². The van der Waals surface area contributed by atoms with Gasteiger partial charge >= 0.3 is 5.97 Å². The van der Waals surface area contributed by atoms with Crippen LogP contribution in [0, 0.1) is 0 Å². The lowest BCUT2D eigenvalue weighted by atomic mass is 10.2. The predicted octanol–water partition coefficient (Wildman–Crippen LogP) is 2.11. The topological polar surface area (TPSA) is 88.2 Å². The van der Waals surface area contributed by atoms with Crippen molar-refractivity contribution in [1.82, 2.24) is 10.2 Å². The first-order valence-corrected chi connectivity index (χ1v) is 10.8. The number of nitrogens with one attached hydrogen (secondary N) is 1. The summed E-state index contributed by atoms with van der Waals surface area (Å²) in [6.45, 7) is 3.74. The Hall–Kier alpha value is -3.81. The molecule has 1 atom stereocenters. The van der Waals surface area contributed by atoms with Crippen LogP contribution in [0.2, 0.25) is 0 Å². The quantitative estimate of drug-likeness (QED) is 0.489. The third-order valence-corrected chi connectivity index (χ3v) is 5.35. The molecule has 1 fully saturated rings. The average Bonchev–Trinajstić information content (AvgIpc) is 2.86. The molecular formula is C25H29N3O5. The van der Waals surface area contributed by atoms with Crippen molar-refractivity contribution in [2.75, 3.05) is 44.8 Å². The average molecular weight is 452 g/mol. The Morgan fingerprint density at radius 1 is 1.00 bits per heavy atom. The van der Waals surface area contributed by atoms with Crippen LogP contribution >= 0.6 is 0 Å². The number of hydrogen-bond acceptors (Lipinski definition) is 6. The smallest absolute Gasteiger partial charge is 0.328 e. The Balaban J connectivity index is 1.38. The number of anilines is 1. The number of carbonyl (C=O) groups excluding carboxylic acids is 3. The van der Waals surface area contributed by atoms with Crippen molar-refractivity contribution in [3.05, 3.63) is 66.2 Å². The molecule has 33 heavy (non-hydrogen) atoms. The Morgan fingerprint density at radius 3 is 2.30 bits per heavy atom. The molecule has 8 heteroatoms. The molecule has 0 bridgehead atoms. The maximum atomic E-state index is 12.4. The summed E-state index contributed by atoms with van der Waals surface area (Å²) in [6, 6.07) is 16.4. The minimum absolute atomic E-state index is 0.242. The van der Waals surface area contributed by atoms with E-state index in [0.717, 1.165) is 30.1 Å². The SMILES string of the molecule is COc1ccc(/C=C/C(=O)N[C@@H](C)C(=O)OCC(=O)N2CCN(c3ccccc3)CC2)cc1. The van der Waals surface area contributed by atoms with E-state index in [4.69, 9.17) is 9.47 Å². The largest absolute Gasteiger partial charge is 0.497 e. The van der Waals surface area contributed by atoms with Crippen LogP contribution in [-0.2, 0) is 19.1 Å². The maximum absolute atomic E-state index is 12.4. The van der Waals surface area contributed by atoms with Crippen molar-refractivity contribution in [2.45, 2.75) is 13.0 Å². The first-order valence-electron chi connectivity index (χ1n) is 10.8. The molecule has 0 spiro atoms. The highest BCUT2D eigenvalue weighted by Crippen LogP contribution is 2.15. The van der Waals surface area contributed by atoms with E-state index in [1.54, 1.807) is 30.2 Å². The summed E-state index contributed by atoms with van der Waals surface area (Å²) in [7, 11) is 1.58. The zero-order valence-electron chi connectivity index (χ0n) is 18.9. The van der Waals surface area contributed by atoms with Gasteiger partial charge in [-0.2, -0.15) is 0 Å². The van der Waals surface area contributed by atoms with Crippen LogP contribution in [0.1, 0.15) is 12.5 Å². The van der Waals surface area contributed by atoms with E-state index in [1.807, 2.05) is 42.5 Å². The van der Waals surface area contributed by atoms with Crippen molar-refractivity contribution in [2.24, 2.45) is 0 Å². The molecule has 2 aromatic carbocycles. The molecule has 1 aliphatic heterocycles. The second-order valence-electron chi connectivity index (χ2n) is 7.65. The number of carbonyl (C=O) groups is 3. The zero-order chi connectivity index (χ0) is 23.6. The lowest BCUT2D eigenvalue weighted by Crippen LogP contribution is -2.50. The highest BCUT2D eigenvalue weighted by molar-refractivity contribution is 5.94. The number of benzene rings is 2. The Bertz CT molecular complexity index is 967. The van der Waals surface area contributed by atoms with E-state index in [2.05, 4.69) is 10.2 Å². The van der Waals surface area contributed by atoms with Crippen LogP contribution < -0.4 is 15.0 Å². The van der Waals surface area contributed by atoms with Crippen LogP contribution in [0.3, 0.4) is 0 Å². The van der Waals surface area contributed by atoms with E-state index < -0.39 is 17.9 Å². The number of rotatable bonds is 8. The van der Waals surface area contributed by atoms with Crippen molar-refractivity contribution in [3.63, 3.8) is 0 Å². The van der Waals surface area contributed by atoms with Gasteiger partial charge in [-0.3, -0.25) is 9.59 Å². The van der Waals surface area contributed by atoms with Crippen LogP contribution in [0.4, 0.5) is 5.69 Å². The number of amides is 2. The van der Waals surface area contributed by atoms with Crippen LogP contribution in [-0.4, -0.2) is 68.6 Å². The molecule has 8 nitrogen and oxygen atoms in total. The molecule has 1 N–H and O–H groups in total. The molecule has 174 valence electrons. The van der Waals surface area contributed by atoms with Gasteiger partial charge in [-0.05, 0) is 42.8 Å². The van der Waals surface area contributed by atoms with Crippen molar-refractivity contribution < 1.29 is 23.9 Å². The van der Waals surface area contributed by atoms with Gasteiger partial charge < -0.3 is 24.6 Å². The molecular weight excluding hydrogens is 422 g/mol. The number of hydrogen-bond donors (Lipinski definition) is 1. The molecule has 3 rings (SSSR count). The van der Waals surface area contributed by atoms with Gasteiger partial charge in [-0.15, -0.1) is 0 Å². The normalized spacial score (nSPS) is 14.6. The summed E-state index contributed by atoms with van der Waals surface area (Å²) in [5, 5.41) is 2.54. The number of esters is 1. The summed E-state index contributed by atoms with van der Waals surface area (Å²) in [6.07, 6.45) is 2.97. The maximum Gasteiger partial charge on any atom is 0.328 e. The molecule has 0 aromatic heterocycles. The number of para-hydroxylation sites is 1. The fraction of sp³-hybridized carbons (Fsp3) is 0.320. The van der Waals surface area contributed by atoms with Crippen LogP contribution in [0.15, 0.2) is 60.7 Å². The monoisotopic (exact) mass is 451 g/mol. The van der Waals surface area contributed by atoms with E-state index in [1.165, 1.54) is 13.0 Å². The fourth-order valence-electron chi connectivity index (χ4n) is 3.41. The predicted molar refractivity (Wildman–Crippen MR) is 126 cm³/mol. The first kappa shape index (κ1) is 23.8.